The Labute approximate surface area is 182 Å². The highest BCUT2D eigenvalue weighted by atomic mass is 32.1. The first kappa shape index (κ1) is 19.5. The third-order valence-electron chi connectivity index (χ3n) is 5.67. The van der Waals surface area contributed by atoms with Crippen molar-refractivity contribution in [2.75, 3.05) is 5.32 Å². The Balaban J connectivity index is 1.53. The fourth-order valence-corrected chi connectivity index (χ4v) is 4.99. The molecule has 1 amide bonds. The standard InChI is InChI=1S/C24H22N4O2S/c1-15-14-31-24(30)27(15)13-7-12-21(29)26-22-18-9-4-6-11-20(18)28-16(2)25-19-10-5-3-8-17(19)23(22)28/h3-6,8-11,14H,7,12-13H2,1-2H3,(H,26,29). The SMILES string of the molecule is Cc1csc(=O)n1CCCC(=O)Nc1c2ccccc2n2c(C)nc3ccccc3c12. The molecule has 2 aromatic carbocycles. The van der Waals surface area contributed by atoms with Gasteiger partial charge in [-0.15, -0.1) is 0 Å². The van der Waals surface area contributed by atoms with Crippen molar-refractivity contribution in [2.45, 2.75) is 33.2 Å². The lowest BCUT2D eigenvalue weighted by Crippen LogP contribution is -2.17. The summed E-state index contributed by atoms with van der Waals surface area (Å²) in [6, 6.07) is 16.0. The van der Waals surface area contributed by atoms with Gasteiger partial charge < -0.3 is 9.88 Å². The Morgan fingerprint density at radius 3 is 2.58 bits per heavy atom. The Morgan fingerprint density at radius 1 is 1.06 bits per heavy atom. The number of aromatic nitrogens is 3. The van der Waals surface area contributed by atoms with Gasteiger partial charge in [0.05, 0.1) is 22.2 Å². The van der Waals surface area contributed by atoms with E-state index in [1.54, 1.807) is 4.57 Å². The molecule has 0 bridgehead atoms. The molecule has 7 heteroatoms. The lowest BCUT2D eigenvalue weighted by molar-refractivity contribution is -0.116. The van der Waals surface area contributed by atoms with Crippen LogP contribution in [0.15, 0.2) is 58.7 Å². The number of hydrogen-bond acceptors (Lipinski definition) is 4. The monoisotopic (exact) mass is 430 g/mol. The molecule has 0 atom stereocenters. The van der Waals surface area contributed by atoms with E-state index in [-0.39, 0.29) is 10.8 Å². The Morgan fingerprint density at radius 2 is 1.81 bits per heavy atom. The second-order valence-electron chi connectivity index (χ2n) is 7.70. The number of amides is 1. The van der Waals surface area contributed by atoms with Gasteiger partial charge in [-0.1, -0.05) is 47.7 Å². The molecule has 31 heavy (non-hydrogen) atoms. The van der Waals surface area contributed by atoms with Gasteiger partial charge in [0, 0.05) is 34.8 Å². The van der Waals surface area contributed by atoms with Crippen LogP contribution in [0.1, 0.15) is 24.4 Å². The summed E-state index contributed by atoms with van der Waals surface area (Å²) in [6.45, 7) is 4.45. The average Bonchev–Trinajstić information content (AvgIpc) is 3.26. The molecule has 156 valence electrons. The molecule has 0 aliphatic carbocycles. The molecule has 3 heterocycles. The highest BCUT2D eigenvalue weighted by molar-refractivity contribution is 7.07. The predicted molar refractivity (Wildman–Crippen MR) is 126 cm³/mol. The highest BCUT2D eigenvalue weighted by Crippen LogP contribution is 2.36. The van der Waals surface area contributed by atoms with Gasteiger partial charge in [0.1, 0.15) is 5.82 Å². The number of thiazole rings is 1. The quantitative estimate of drug-likeness (QED) is 0.431. The van der Waals surface area contributed by atoms with E-state index < -0.39 is 0 Å². The molecular formula is C24H22N4O2S. The third-order valence-corrected chi connectivity index (χ3v) is 6.55. The maximum absolute atomic E-state index is 12.9. The van der Waals surface area contributed by atoms with Crippen LogP contribution in [0.2, 0.25) is 0 Å². The number of nitrogens with zero attached hydrogens (tertiary/aromatic N) is 3. The first-order chi connectivity index (χ1) is 15.0. The molecule has 0 fully saturated rings. The molecule has 3 aromatic heterocycles. The number of para-hydroxylation sites is 2. The van der Waals surface area contributed by atoms with Gasteiger partial charge in [0.2, 0.25) is 5.91 Å². The molecule has 1 N–H and O–H groups in total. The van der Waals surface area contributed by atoms with Gasteiger partial charge in [-0.3, -0.25) is 14.0 Å². The second-order valence-corrected chi connectivity index (χ2v) is 8.52. The van der Waals surface area contributed by atoms with E-state index in [2.05, 4.69) is 9.72 Å². The molecule has 5 rings (SSSR count). The van der Waals surface area contributed by atoms with Crippen LogP contribution in [-0.2, 0) is 11.3 Å². The Bertz CT molecular complexity index is 1510. The van der Waals surface area contributed by atoms with E-state index >= 15 is 0 Å². The van der Waals surface area contributed by atoms with Gasteiger partial charge in [-0.25, -0.2) is 4.98 Å². The number of fused-ring (bicyclic) bond motifs is 5. The summed E-state index contributed by atoms with van der Waals surface area (Å²) in [5.74, 6) is 0.815. The van der Waals surface area contributed by atoms with Crippen molar-refractivity contribution < 1.29 is 4.79 Å². The maximum atomic E-state index is 12.9. The van der Waals surface area contributed by atoms with Gasteiger partial charge in [-0.2, -0.15) is 0 Å². The molecule has 0 aliphatic rings. The third kappa shape index (κ3) is 3.31. The van der Waals surface area contributed by atoms with E-state index in [0.717, 1.165) is 44.5 Å². The number of hydrogen-bond donors (Lipinski definition) is 1. The number of carbonyl (C=O) groups excluding carboxylic acids is 1. The summed E-state index contributed by atoms with van der Waals surface area (Å²) < 4.78 is 3.84. The van der Waals surface area contributed by atoms with Gasteiger partial charge >= 0.3 is 4.87 Å². The largest absolute Gasteiger partial charge is 0.324 e. The zero-order valence-corrected chi connectivity index (χ0v) is 18.2. The summed E-state index contributed by atoms with van der Waals surface area (Å²) in [5.41, 5.74) is 4.63. The number of rotatable bonds is 5. The highest BCUT2D eigenvalue weighted by Gasteiger charge is 2.18. The predicted octanol–water partition coefficient (Wildman–Crippen LogP) is 4.90. The first-order valence-corrected chi connectivity index (χ1v) is 11.2. The minimum atomic E-state index is -0.0577. The van der Waals surface area contributed by atoms with E-state index in [9.17, 15) is 9.59 Å². The normalized spacial score (nSPS) is 11.5. The molecule has 6 nitrogen and oxygen atoms in total. The lowest BCUT2D eigenvalue weighted by atomic mass is 10.1. The second kappa shape index (κ2) is 7.67. The van der Waals surface area contributed by atoms with E-state index in [1.165, 1.54) is 11.3 Å². The fraction of sp³-hybridized carbons (Fsp3) is 0.208. The number of carbonyl (C=O) groups is 1. The van der Waals surface area contributed by atoms with Gasteiger partial charge in [-0.05, 0) is 32.4 Å². The zero-order valence-electron chi connectivity index (χ0n) is 17.4. The summed E-state index contributed by atoms with van der Waals surface area (Å²) in [4.78, 5) is 29.6. The Kier molecular flexibility index (Phi) is 4.82. The van der Waals surface area contributed by atoms with Crippen LogP contribution in [0.4, 0.5) is 5.69 Å². The van der Waals surface area contributed by atoms with Crippen molar-refractivity contribution in [3.63, 3.8) is 0 Å². The van der Waals surface area contributed by atoms with Crippen LogP contribution in [0.3, 0.4) is 0 Å². The number of benzene rings is 2. The molecule has 0 saturated heterocycles. The van der Waals surface area contributed by atoms with Crippen LogP contribution >= 0.6 is 11.3 Å². The van der Waals surface area contributed by atoms with Crippen molar-refractivity contribution in [3.05, 3.63) is 75.1 Å². The lowest BCUT2D eigenvalue weighted by Gasteiger charge is -2.09. The van der Waals surface area contributed by atoms with Crippen LogP contribution in [-0.4, -0.2) is 19.9 Å². The Hall–Kier alpha value is -3.45. The molecular weight excluding hydrogens is 408 g/mol. The topological polar surface area (TPSA) is 68.4 Å². The smallest absolute Gasteiger partial charge is 0.307 e. The summed E-state index contributed by atoms with van der Waals surface area (Å²) >= 11 is 1.20. The van der Waals surface area contributed by atoms with Crippen molar-refractivity contribution >= 4 is 50.3 Å². The van der Waals surface area contributed by atoms with Gasteiger partial charge in [0.25, 0.3) is 0 Å². The van der Waals surface area contributed by atoms with Crippen molar-refractivity contribution in [2.24, 2.45) is 0 Å². The zero-order chi connectivity index (χ0) is 21.5. The van der Waals surface area contributed by atoms with Crippen LogP contribution in [0.25, 0.3) is 27.3 Å². The van der Waals surface area contributed by atoms with Gasteiger partial charge in [0.15, 0.2) is 0 Å². The molecule has 0 unspecified atom stereocenters. The summed E-state index contributed by atoms with van der Waals surface area (Å²) in [5, 5.41) is 7.00. The van der Waals surface area contributed by atoms with E-state index in [1.807, 2.05) is 67.8 Å². The van der Waals surface area contributed by atoms with Crippen LogP contribution < -0.4 is 10.2 Å². The summed E-state index contributed by atoms with van der Waals surface area (Å²) in [7, 11) is 0. The van der Waals surface area contributed by atoms with Crippen molar-refractivity contribution in [3.8, 4) is 0 Å². The molecule has 5 aromatic rings. The molecule has 0 spiro atoms. The number of anilines is 1. The number of aryl methyl sites for hydroxylation is 2. The minimum Gasteiger partial charge on any atom is -0.324 e. The summed E-state index contributed by atoms with van der Waals surface area (Å²) in [6.07, 6.45) is 0.948. The van der Waals surface area contributed by atoms with Crippen molar-refractivity contribution in [1.29, 1.82) is 0 Å². The van der Waals surface area contributed by atoms with Crippen LogP contribution in [0.5, 0.6) is 0 Å². The first-order valence-electron chi connectivity index (χ1n) is 10.3. The van der Waals surface area contributed by atoms with E-state index in [0.29, 0.717) is 19.4 Å². The maximum Gasteiger partial charge on any atom is 0.307 e. The number of nitrogens with one attached hydrogen (secondary N) is 1. The molecule has 0 radical (unpaired) electrons. The minimum absolute atomic E-state index is 0.0248. The van der Waals surface area contributed by atoms with E-state index in [4.69, 9.17) is 4.98 Å². The van der Waals surface area contributed by atoms with Crippen LogP contribution in [0, 0.1) is 13.8 Å². The molecule has 0 aliphatic heterocycles. The average molecular weight is 431 g/mol. The molecule has 0 saturated carbocycles. The fourth-order valence-electron chi connectivity index (χ4n) is 4.23. The van der Waals surface area contributed by atoms with Crippen molar-refractivity contribution in [1.82, 2.24) is 14.0 Å².